The fraction of sp³-hybridized carbons (Fsp3) is 0.300. The zero-order valence-electron chi connectivity index (χ0n) is 10.2. The van der Waals surface area contributed by atoms with Gasteiger partial charge in [0.15, 0.2) is 0 Å². The number of nitrogens with two attached hydrogens (primary N) is 1. The number of benzene rings is 1. The Kier molecular flexibility index (Phi) is 4.00. The minimum absolute atomic E-state index is 0.113. The lowest BCUT2D eigenvalue weighted by Crippen LogP contribution is -2.19. The Bertz CT molecular complexity index is 520. The Hall–Kier alpha value is -2.71. The Balaban J connectivity index is 3.60. The van der Waals surface area contributed by atoms with Crippen LogP contribution < -0.4 is 11.1 Å². The van der Waals surface area contributed by atoms with Crippen molar-refractivity contribution in [3.8, 4) is 0 Å². The van der Waals surface area contributed by atoms with Crippen molar-refractivity contribution in [3.63, 3.8) is 0 Å². The van der Waals surface area contributed by atoms with Crippen LogP contribution in [0.15, 0.2) is 12.1 Å². The third kappa shape index (κ3) is 3.15. The first kappa shape index (κ1) is 14.4. The van der Waals surface area contributed by atoms with Crippen molar-refractivity contribution in [2.45, 2.75) is 19.9 Å². The number of carbonyl (C=O) groups excluding carboxylic acids is 1. The van der Waals surface area contributed by atoms with Crippen molar-refractivity contribution in [3.05, 3.63) is 37.9 Å². The van der Waals surface area contributed by atoms with Crippen LogP contribution in [0.25, 0.3) is 0 Å². The molecule has 0 bridgehead atoms. The highest BCUT2D eigenvalue weighted by Crippen LogP contribution is 2.33. The van der Waals surface area contributed by atoms with E-state index < -0.39 is 27.1 Å². The van der Waals surface area contributed by atoms with Crippen LogP contribution in [0.1, 0.15) is 24.2 Å². The monoisotopic (exact) mass is 268 g/mol. The van der Waals surface area contributed by atoms with Crippen LogP contribution in [-0.2, 0) is 0 Å². The van der Waals surface area contributed by atoms with E-state index in [1.165, 1.54) is 0 Å². The Morgan fingerprint density at radius 3 is 2.21 bits per heavy atom. The van der Waals surface area contributed by atoms with E-state index in [9.17, 15) is 25.0 Å². The Morgan fingerprint density at radius 2 is 1.84 bits per heavy atom. The van der Waals surface area contributed by atoms with Gasteiger partial charge in [-0.25, -0.2) is 0 Å². The summed E-state index contributed by atoms with van der Waals surface area (Å²) in [6.45, 7) is 3.41. The van der Waals surface area contributed by atoms with E-state index >= 15 is 0 Å². The van der Waals surface area contributed by atoms with Crippen molar-refractivity contribution >= 4 is 23.0 Å². The molecule has 1 amide bonds. The lowest BCUT2D eigenvalue weighted by molar-refractivity contribution is -0.393. The number of anilines is 1. The summed E-state index contributed by atoms with van der Waals surface area (Å²) in [7, 11) is 0. The number of nitrogens with zero attached hydrogens (tertiary/aromatic N) is 2. The molecular weight excluding hydrogens is 256 g/mol. The minimum Gasteiger partial charge on any atom is -0.377 e. The molecule has 9 nitrogen and oxygen atoms in total. The number of primary amides is 1. The number of non-ortho nitro benzene ring substituents is 1. The first-order valence-electron chi connectivity index (χ1n) is 5.27. The number of nitro groups is 2. The van der Waals surface area contributed by atoms with Gasteiger partial charge in [-0.1, -0.05) is 0 Å². The van der Waals surface area contributed by atoms with Crippen molar-refractivity contribution < 1.29 is 14.6 Å². The van der Waals surface area contributed by atoms with Crippen molar-refractivity contribution in [1.82, 2.24) is 0 Å². The summed E-state index contributed by atoms with van der Waals surface area (Å²) in [5.74, 6) is -0.977. The highest BCUT2D eigenvalue weighted by Gasteiger charge is 2.26. The standard InChI is InChI=1S/C10H12N4O5/c1-5(2)12-9-7(10(11)15)3-6(13(16)17)4-8(9)14(18)19/h3-5,12H,1-2H3,(H2,11,15). The first-order valence-corrected chi connectivity index (χ1v) is 5.27. The van der Waals surface area contributed by atoms with Crippen molar-refractivity contribution in [1.29, 1.82) is 0 Å². The average Bonchev–Trinajstić information content (AvgIpc) is 2.27. The van der Waals surface area contributed by atoms with Crippen LogP contribution in [0.3, 0.4) is 0 Å². The number of carbonyl (C=O) groups is 1. The maximum Gasteiger partial charge on any atom is 0.300 e. The van der Waals surface area contributed by atoms with Gasteiger partial charge in [0.05, 0.1) is 21.5 Å². The number of nitro benzene ring substituents is 2. The van der Waals surface area contributed by atoms with Gasteiger partial charge >= 0.3 is 0 Å². The van der Waals surface area contributed by atoms with E-state index in [0.29, 0.717) is 0 Å². The molecule has 19 heavy (non-hydrogen) atoms. The van der Waals surface area contributed by atoms with E-state index in [1.54, 1.807) is 13.8 Å². The molecule has 0 heterocycles. The number of hydrogen-bond donors (Lipinski definition) is 2. The van der Waals surface area contributed by atoms with Crippen LogP contribution in [-0.4, -0.2) is 21.8 Å². The van der Waals surface area contributed by atoms with Gasteiger partial charge in [-0.05, 0) is 13.8 Å². The van der Waals surface area contributed by atoms with E-state index in [4.69, 9.17) is 5.73 Å². The number of amides is 1. The maximum absolute atomic E-state index is 11.3. The highest BCUT2D eigenvalue weighted by molar-refractivity contribution is 6.01. The quantitative estimate of drug-likeness (QED) is 0.610. The van der Waals surface area contributed by atoms with Crippen LogP contribution in [0.4, 0.5) is 17.1 Å². The van der Waals surface area contributed by atoms with Gasteiger partial charge in [0, 0.05) is 12.1 Å². The summed E-state index contributed by atoms with van der Waals surface area (Å²) in [6, 6.07) is 1.50. The molecule has 1 aromatic rings. The molecule has 3 N–H and O–H groups in total. The van der Waals surface area contributed by atoms with Gasteiger partial charge in [0.2, 0.25) is 0 Å². The number of nitrogens with one attached hydrogen (secondary N) is 1. The molecule has 0 aliphatic rings. The summed E-state index contributed by atoms with van der Waals surface area (Å²) in [6.07, 6.45) is 0. The van der Waals surface area contributed by atoms with Crippen molar-refractivity contribution in [2.75, 3.05) is 5.32 Å². The summed E-state index contributed by atoms with van der Waals surface area (Å²) in [4.78, 5) is 31.3. The van der Waals surface area contributed by atoms with E-state index in [1.807, 2.05) is 0 Å². The fourth-order valence-corrected chi connectivity index (χ4v) is 1.50. The van der Waals surface area contributed by atoms with Crippen molar-refractivity contribution in [2.24, 2.45) is 5.73 Å². The molecule has 0 aliphatic heterocycles. The van der Waals surface area contributed by atoms with Gasteiger partial charge in [0.1, 0.15) is 5.69 Å². The van der Waals surface area contributed by atoms with Gasteiger partial charge in [-0.3, -0.25) is 25.0 Å². The van der Waals surface area contributed by atoms with Gasteiger partial charge < -0.3 is 11.1 Å². The summed E-state index contributed by atoms with van der Waals surface area (Å²) in [5.41, 5.74) is 3.59. The third-order valence-electron chi connectivity index (χ3n) is 2.21. The smallest absolute Gasteiger partial charge is 0.300 e. The van der Waals surface area contributed by atoms with E-state index in [0.717, 1.165) is 12.1 Å². The molecule has 0 fully saturated rings. The predicted molar refractivity (Wildman–Crippen MR) is 67.0 cm³/mol. The molecule has 0 unspecified atom stereocenters. The number of rotatable bonds is 5. The second-order valence-electron chi connectivity index (χ2n) is 4.06. The zero-order chi connectivity index (χ0) is 14.7. The molecule has 0 atom stereocenters. The first-order chi connectivity index (χ1) is 8.73. The molecule has 0 aromatic heterocycles. The summed E-state index contributed by atoms with van der Waals surface area (Å²) < 4.78 is 0. The molecule has 0 radical (unpaired) electrons. The molecule has 0 saturated carbocycles. The second kappa shape index (κ2) is 5.29. The van der Waals surface area contributed by atoms with Gasteiger partial charge in [0.25, 0.3) is 17.3 Å². The maximum atomic E-state index is 11.3. The lowest BCUT2D eigenvalue weighted by Gasteiger charge is -2.13. The third-order valence-corrected chi connectivity index (χ3v) is 2.21. The molecule has 1 rings (SSSR count). The molecule has 102 valence electrons. The topological polar surface area (TPSA) is 141 Å². The lowest BCUT2D eigenvalue weighted by atomic mass is 10.1. The molecule has 9 heteroatoms. The van der Waals surface area contributed by atoms with Gasteiger partial charge in [-0.2, -0.15) is 0 Å². The van der Waals surface area contributed by atoms with Crippen LogP contribution in [0, 0.1) is 20.2 Å². The molecule has 0 aliphatic carbocycles. The van der Waals surface area contributed by atoms with E-state index in [-0.39, 0.29) is 17.3 Å². The largest absolute Gasteiger partial charge is 0.377 e. The Labute approximate surface area is 107 Å². The second-order valence-corrected chi connectivity index (χ2v) is 4.06. The minimum atomic E-state index is -0.977. The molecular formula is C10H12N4O5. The molecule has 0 saturated heterocycles. The van der Waals surface area contributed by atoms with Crippen LogP contribution in [0.2, 0.25) is 0 Å². The summed E-state index contributed by atoms with van der Waals surface area (Å²) >= 11 is 0. The predicted octanol–water partition coefficient (Wildman–Crippen LogP) is 1.42. The van der Waals surface area contributed by atoms with Crippen LogP contribution >= 0.6 is 0 Å². The molecule has 1 aromatic carbocycles. The van der Waals surface area contributed by atoms with Gasteiger partial charge in [-0.15, -0.1) is 0 Å². The van der Waals surface area contributed by atoms with Crippen LogP contribution in [0.5, 0.6) is 0 Å². The van der Waals surface area contributed by atoms with E-state index in [2.05, 4.69) is 5.32 Å². The summed E-state index contributed by atoms with van der Waals surface area (Å²) in [5, 5.41) is 24.3. The normalized spacial score (nSPS) is 10.3. The zero-order valence-corrected chi connectivity index (χ0v) is 10.2. The SMILES string of the molecule is CC(C)Nc1c(C(N)=O)cc([N+](=O)[O-])cc1[N+](=O)[O-]. The highest BCUT2D eigenvalue weighted by atomic mass is 16.6. The molecule has 0 spiro atoms. The average molecular weight is 268 g/mol. The fourth-order valence-electron chi connectivity index (χ4n) is 1.50. The number of hydrogen-bond acceptors (Lipinski definition) is 6. The Morgan fingerprint density at radius 1 is 1.26 bits per heavy atom.